The summed E-state index contributed by atoms with van der Waals surface area (Å²) in [6, 6.07) is 6.50. The SMILES string of the molecule is CC1NC(=O)CC1c1cccc2c1OC(C)(C)C2. The van der Waals surface area contributed by atoms with Gasteiger partial charge >= 0.3 is 0 Å². The molecule has 0 spiro atoms. The van der Waals surface area contributed by atoms with Crippen LogP contribution in [0.3, 0.4) is 0 Å². The van der Waals surface area contributed by atoms with Gasteiger partial charge in [-0.05, 0) is 26.3 Å². The Morgan fingerprint density at radius 3 is 2.83 bits per heavy atom. The number of carbonyl (C=O) groups is 1. The van der Waals surface area contributed by atoms with Gasteiger partial charge in [-0.15, -0.1) is 0 Å². The zero-order valence-electron chi connectivity index (χ0n) is 11.1. The molecule has 1 fully saturated rings. The first kappa shape index (κ1) is 11.6. The molecule has 96 valence electrons. The van der Waals surface area contributed by atoms with Gasteiger partial charge in [-0.3, -0.25) is 4.79 Å². The number of carbonyl (C=O) groups excluding carboxylic acids is 1. The minimum Gasteiger partial charge on any atom is -0.487 e. The topological polar surface area (TPSA) is 38.3 Å². The van der Waals surface area contributed by atoms with E-state index in [1.807, 2.05) is 0 Å². The van der Waals surface area contributed by atoms with E-state index in [9.17, 15) is 4.79 Å². The second-order valence-corrected chi connectivity index (χ2v) is 6.04. The van der Waals surface area contributed by atoms with Gasteiger partial charge in [-0.1, -0.05) is 18.2 Å². The molecule has 3 heteroatoms. The largest absolute Gasteiger partial charge is 0.487 e. The normalized spacial score (nSPS) is 28.7. The molecule has 1 N–H and O–H groups in total. The van der Waals surface area contributed by atoms with Crippen LogP contribution in [0, 0.1) is 0 Å². The highest BCUT2D eigenvalue weighted by Gasteiger charge is 2.37. The molecular formula is C15H19NO2. The Morgan fingerprint density at radius 2 is 2.17 bits per heavy atom. The number of nitrogens with one attached hydrogen (secondary N) is 1. The molecule has 0 bridgehead atoms. The number of amides is 1. The summed E-state index contributed by atoms with van der Waals surface area (Å²) in [5.41, 5.74) is 2.32. The minimum atomic E-state index is -0.127. The van der Waals surface area contributed by atoms with Crippen LogP contribution in [0.1, 0.15) is 44.2 Å². The summed E-state index contributed by atoms with van der Waals surface area (Å²) >= 11 is 0. The average molecular weight is 245 g/mol. The third-order valence-corrected chi connectivity index (χ3v) is 3.92. The summed E-state index contributed by atoms with van der Waals surface area (Å²) in [7, 11) is 0. The van der Waals surface area contributed by atoms with Crippen LogP contribution in [-0.2, 0) is 11.2 Å². The van der Waals surface area contributed by atoms with E-state index in [0.29, 0.717) is 6.42 Å². The van der Waals surface area contributed by atoms with E-state index in [1.54, 1.807) is 0 Å². The van der Waals surface area contributed by atoms with Crippen LogP contribution in [0.2, 0.25) is 0 Å². The number of fused-ring (bicyclic) bond motifs is 1. The molecule has 0 saturated carbocycles. The zero-order valence-corrected chi connectivity index (χ0v) is 11.1. The lowest BCUT2D eigenvalue weighted by Crippen LogP contribution is -2.26. The molecular weight excluding hydrogens is 226 g/mol. The van der Waals surface area contributed by atoms with Crippen LogP contribution in [0.15, 0.2) is 18.2 Å². The quantitative estimate of drug-likeness (QED) is 0.825. The van der Waals surface area contributed by atoms with Gasteiger partial charge < -0.3 is 10.1 Å². The summed E-state index contributed by atoms with van der Waals surface area (Å²) in [6.45, 7) is 6.28. The van der Waals surface area contributed by atoms with Crippen molar-refractivity contribution in [3.63, 3.8) is 0 Å². The molecule has 0 aromatic heterocycles. The molecule has 1 amide bonds. The highest BCUT2D eigenvalue weighted by Crippen LogP contribution is 2.43. The molecule has 0 radical (unpaired) electrons. The molecule has 3 nitrogen and oxygen atoms in total. The standard InChI is InChI=1S/C15H19NO2/c1-9-12(7-13(17)16-9)11-6-4-5-10-8-15(2,3)18-14(10)11/h4-6,9,12H,7-8H2,1-3H3,(H,16,17). The number of para-hydroxylation sites is 1. The molecule has 0 aliphatic carbocycles. The van der Waals surface area contributed by atoms with Crippen LogP contribution in [0.5, 0.6) is 5.75 Å². The van der Waals surface area contributed by atoms with Gasteiger partial charge in [-0.2, -0.15) is 0 Å². The van der Waals surface area contributed by atoms with Crippen LogP contribution in [0.25, 0.3) is 0 Å². The van der Waals surface area contributed by atoms with E-state index in [4.69, 9.17) is 4.74 Å². The molecule has 1 saturated heterocycles. The van der Waals surface area contributed by atoms with Gasteiger partial charge in [0.15, 0.2) is 0 Å². The van der Waals surface area contributed by atoms with Crippen molar-refractivity contribution < 1.29 is 9.53 Å². The Bertz CT molecular complexity index is 507. The van der Waals surface area contributed by atoms with Gasteiger partial charge in [0.05, 0.1) is 0 Å². The first-order valence-corrected chi connectivity index (χ1v) is 6.56. The fraction of sp³-hybridized carbons (Fsp3) is 0.533. The molecule has 1 aromatic carbocycles. The Labute approximate surface area is 108 Å². The summed E-state index contributed by atoms with van der Waals surface area (Å²) in [5.74, 6) is 1.39. The van der Waals surface area contributed by atoms with E-state index in [2.05, 4.69) is 44.3 Å². The predicted molar refractivity (Wildman–Crippen MR) is 69.8 cm³/mol. The van der Waals surface area contributed by atoms with E-state index in [0.717, 1.165) is 12.2 Å². The lowest BCUT2D eigenvalue weighted by atomic mass is 9.90. The molecule has 3 rings (SSSR count). The second kappa shape index (κ2) is 3.74. The van der Waals surface area contributed by atoms with Crippen LogP contribution >= 0.6 is 0 Å². The fourth-order valence-electron chi connectivity index (χ4n) is 3.10. The summed E-state index contributed by atoms with van der Waals surface area (Å²) < 4.78 is 6.08. The number of benzene rings is 1. The fourth-order valence-corrected chi connectivity index (χ4v) is 3.10. The first-order valence-electron chi connectivity index (χ1n) is 6.56. The van der Waals surface area contributed by atoms with Crippen molar-refractivity contribution in [3.05, 3.63) is 29.3 Å². The molecule has 2 aliphatic rings. The lowest BCUT2D eigenvalue weighted by molar-refractivity contribution is -0.119. The number of hydrogen-bond donors (Lipinski definition) is 1. The average Bonchev–Trinajstić information content (AvgIpc) is 2.75. The maximum Gasteiger partial charge on any atom is 0.220 e. The second-order valence-electron chi connectivity index (χ2n) is 6.04. The van der Waals surface area contributed by atoms with Gasteiger partial charge in [-0.25, -0.2) is 0 Å². The van der Waals surface area contributed by atoms with Crippen molar-refractivity contribution in [2.75, 3.05) is 0 Å². The number of hydrogen-bond acceptors (Lipinski definition) is 2. The third-order valence-electron chi connectivity index (χ3n) is 3.92. The van der Waals surface area contributed by atoms with Gasteiger partial charge in [0, 0.05) is 30.4 Å². The summed E-state index contributed by atoms with van der Waals surface area (Å²) in [4.78, 5) is 11.5. The smallest absolute Gasteiger partial charge is 0.220 e. The monoisotopic (exact) mass is 245 g/mol. The Hall–Kier alpha value is -1.51. The maximum atomic E-state index is 11.5. The Balaban J connectivity index is 2.00. The van der Waals surface area contributed by atoms with Gasteiger partial charge in [0.25, 0.3) is 0 Å². The Kier molecular flexibility index (Phi) is 2.40. The van der Waals surface area contributed by atoms with E-state index in [-0.39, 0.29) is 23.5 Å². The molecule has 2 heterocycles. The number of ether oxygens (including phenoxy) is 1. The number of rotatable bonds is 1. The molecule has 18 heavy (non-hydrogen) atoms. The van der Waals surface area contributed by atoms with E-state index in [1.165, 1.54) is 11.1 Å². The van der Waals surface area contributed by atoms with Crippen molar-refractivity contribution in [1.29, 1.82) is 0 Å². The molecule has 2 unspecified atom stereocenters. The van der Waals surface area contributed by atoms with Crippen molar-refractivity contribution >= 4 is 5.91 Å². The molecule has 2 aliphatic heterocycles. The Morgan fingerprint density at radius 1 is 1.39 bits per heavy atom. The lowest BCUT2D eigenvalue weighted by Gasteiger charge is -2.21. The van der Waals surface area contributed by atoms with Crippen molar-refractivity contribution in [1.82, 2.24) is 5.32 Å². The van der Waals surface area contributed by atoms with Crippen LogP contribution in [-0.4, -0.2) is 17.6 Å². The molecule has 2 atom stereocenters. The van der Waals surface area contributed by atoms with Gasteiger partial charge in [0.1, 0.15) is 11.4 Å². The van der Waals surface area contributed by atoms with Crippen molar-refractivity contribution in [3.8, 4) is 5.75 Å². The molecule has 1 aromatic rings. The highest BCUT2D eigenvalue weighted by atomic mass is 16.5. The highest BCUT2D eigenvalue weighted by molar-refractivity contribution is 5.80. The summed E-state index contributed by atoms with van der Waals surface area (Å²) in [5, 5.41) is 2.98. The minimum absolute atomic E-state index is 0.127. The zero-order chi connectivity index (χ0) is 12.9. The van der Waals surface area contributed by atoms with E-state index < -0.39 is 0 Å². The first-order chi connectivity index (χ1) is 8.46. The van der Waals surface area contributed by atoms with Gasteiger partial charge in [0.2, 0.25) is 5.91 Å². The van der Waals surface area contributed by atoms with Crippen LogP contribution in [0.4, 0.5) is 0 Å². The van der Waals surface area contributed by atoms with Crippen LogP contribution < -0.4 is 10.1 Å². The van der Waals surface area contributed by atoms with Crippen molar-refractivity contribution in [2.24, 2.45) is 0 Å². The van der Waals surface area contributed by atoms with E-state index >= 15 is 0 Å². The van der Waals surface area contributed by atoms with Crippen molar-refractivity contribution in [2.45, 2.75) is 51.2 Å². The third kappa shape index (κ3) is 1.78. The maximum absolute atomic E-state index is 11.5. The predicted octanol–water partition coefficient (Wildman–Crippen LogP) is 2.39. The summed E-state index contributed by atoms with van der Waals surface area (Å²) in [6.07, 6.45) is 1.51.